The summed E-state index contributed by atoms with van der Waals surface area (Å²) in [6.07, 6.45) is 0. The topological polar surface area (TPSA) is 81.9 Å². The number of thioether (sulfide) groups is 1. The maximum absolute atomic E-state index is 13.2. The molecule has 0 saturated carbocycles. The fraction of sp³-hybridized carbons (Fsp3) is 0.158. The molecule has 2 heterocycles. The molecule has 0 aliphatic rings. The molecule has 4 aromatic rings. The average molecular weight is 464 g/mol. The van der Waals surface area contributed by atoms with Crippen molar-refractivity contribution in [1.82, 2.24) is 19.7 Å². The standard InChI is InChI=1S/C19H15ClFN5O2S2/c1-26-16(9-28-11-6-7-13(21)12(20)8-11)24-25-19(26)29-10-17(27)23-18-22-14-4-2-3-5-15(14)30-18/h2-8H,9-10H2,1H3,(H,22,23,27). The minimum absolute atomic E-state index is 0.0131. The zero-order valence-electron chi connectivity index (χ0n) is 15.6. The third kappa shape index (κ3) is 4.72. The van der Waals surface area contributed by atoms with Gasteiger partial charge in [0, 0.05) is 13.1 Å². The van der Waals surface area contributed by atoms with E-state index in [9.17, 15) is 9.18 Å². The van der Waals surface area contributed by atoms with Gasteiger partial charge in [0.15, 0.2) is 16.1 Å². The molecule has 0 atom stereocenters. The lowest BCUT2D eigenvalue weighted by Crippen LogP contribution is -2.14. The van der Waals surface area contributed by atoms with Gasteiger partial charge in [-0.3, -0.25) is 4.79 Å². The van der Waals surface area contributed by atoms with E-state index >= 15 is 0 Å². The number of ether oxygens (including phenoxy) is 1. The first-order chi connectivity index (χ1) is 14.5. The summed E-state index contributed by atoms with van der Waals surface area (Å²) in [6.45, 7) is 0.129. The number of benzene rings is 2. The van der Waals surface area contributed by atoms with Crippen molar-refractivity contribution in [2.45, 2.75) is 11.8 Å². The first-order valence-electron chi connectivity index (χ1n) is 8.74. The van der Waals surface area contributed by atoms with Crippen LogP contribution in [0.1, 0.15) is 5.82 Å². The molecule has 2 aromatic carbocycles. The van der Waals surface area contributed by atoms with E-state index in [4.69, 9.17) is 16.3 Å². The Morgan fingerprint density at radius 3 is 2.93 bits per heavy atom. The van der Waals surface area contributed by atoms with Crippen molar-refractivity contribution < 1.29 is 13.9 Å². The lowest BCUT2D eigenvalue weighted by Gasteiger charge is -2.07. The summed E-state index contributed by atoms with van der Waals surface area (Å²) in [4.78, 5) is 16.6. The van der Waals surface area contributed by atoms with E-state index in [1.165, 1.54) is 41.3 Å². The Labute approximate surface area is 184 Å². The molecule has 11 heteroatoms. The fourth-order valence-corrected chi connectivity index (χ4v) is 4.30. The van der Waals surface area contributed by atoms with Crippen LogP contribution in [-0.4, -0.2) is 31.4 Å². The summed E-state index contributed by atoms with van der Waals surface area (Å²) in [5.74, 6) is 0.459. The number of amides is 1. The number of anilines is 1. The molecule has 154 valence electrons. The van der Waals surface area contributed by atoms with E-state index in [1.807, 2.05) is 24.3 Å². The Morgan fingerprint density at radius 2 is 2.13 bits per heavy atom. The van der Waals surface area contributed by atoms with Crippen LogP contribution in [0.25, 0.3) is 10.2 Å². The number of aromatic nitrogens is 4. The van der Waals surface area contributed by atoms with Gasteiger partial charge >= 0.3 is 0 Å². The lowest BCUT2D eigenvalue weighted by atomic mass is 10.3. The zero-order chi connectivity index (χ0) is 21.1. The van der Waals surface area contributed by atoms with Gasteiger partial charge in [-0.25, -0.2) is 9.37 Å². The van der Waals surface area contributed by atoms with Gasteiger partial charge in [0.05, 0.1) is 21.0 Å². The molecule has 0 saturated heterocycles. The molecular weight excluding hydrogens is 449 g/mol. The van der Waals surface area contributed by atoms with Gasteiger partial charge in [-0.1, -0.05) is 46.8 Å². The Kier molecular flexibility index (Phi) is 6.16. The predicted octanol–water partition coefficient (Wildman–Crippen LogP) is 4.53. The monoisotopic (exact) mass is 463 g/mol. The van der Waals surface area contributed by atoms with Gasteiger partial charge in [0.1, 0.15) is 18.2 Å². The van der Waals surface area contributed by atoms with Crippen LogP contribution < -0.4 is 10.1 Å². The number of fused-ring (bicyclic) bond motifs is 1. The van der Waals surface area contributed by atoms with Gasteiger partial charge in [0.2, 0.25) is 5.91 Å². The molecule has 2 aromatic heterocycles. The number of hydrogen-bond acceptors (Lipinski definition) is 7. The van der Waals surface area contributed by atoms with Crippen molar-refractivity contribution in [3.8, 4) is 5.75 Å². The lowest BCUT2D eigenvalue weighted by molar-refractivity contribution is -0.113. The smallest absolute Gasteiger partial charge is 0.236 e. The Morgan fingerprint density at radius 1 is 1.30 bits per heavy atom. The number of carbonyl (C=O) groups excluding carboxylic acids is 1. The van der Waals surface area contributed by atoms with E-state index in [0.717, 1.165) is 10.2 Å². The van der Waals surface area contributed by atoms with Crippen LogP contribution in [-0.2, 0) is 18.4 Å². The van der Waals surface area contributed by atoms with Crippen LogP contribution in [0, 0.1) is 5.82 Å². The molecule has 0 aliphatic heterocycles. The number of nitrogens with one attached hydrogen (secondary N) is 1. The largest absolute Gasteiger partial charge is 0.486 e. The summed E-state index contributed by atoms with van der Waals surface area (Å²) in [6, 6.07) is 11.8. The maximum Gasteiger partial charge on any atom is 0.236 e. The number of nitrogens with zero attached hydrogens (tertiary/aromatic N) is 4. The van der Waals surface area contributed by atoms with Crippen LogP contribution in [0.5, 0.6) is 5.75 Å². The van der Waals surface area contributed by atoms with Crippen LogP contribution in [0.15, 0.2) is 47.6 Å². The highest BCUT2D eigenvalue weighted by Gasteiger charge is 2.14. The minimum atomic E-state index is -0.509. The first kappa shape index (κ1) is 20.6. The molecule has 4 rings (SSSR count). The van der Waals surface area contributed by atoms with E-state index in [0.29, 0.717) is 21.9 Å². The van der Waals surface area contributed by atoms with Crippen LogP contribution >= 0.6 is 34.7 Å². The van der Waals surface area contributed by atoms with Gasteiger partial charge < -0.3 is 14.6 Å². The molecule has 0 unspecified atom stereocenters. The molecule has 1 N–H and O–H groups in total. The summed E-state index contributed by atoms with van der Waals surface area (Å²) in [7, 11) is 1.78. The molecule has 7 nitrogen and oxygen atoms in total. The van der Waals surface area contributed by atoms with Crippen molar-refractivity contribution >= 4 is 56.0 Å². The second kappa shape index (κ2) is 8.99. The third-order valence-corrected chi connectivity index (χ3v) is 6.32. The Balaban J connectivity index is 1.32. The Bertz CT molecular complexity index is 1180. The van der Waals surface area contributed by atoms with E-state index in [-0.39, 0.29) is 23.3 Å². The quantitative estimate of drug-likeness (QED) is 0.405. The Hall–Kier alpha value is -2.69. The van der Waals surface area contributed by atoms with Crippen molar-refractivity contribution in [2.75, 3.05) is 11.1 Å². The van der Waals surface area contributed by atoms with Gasteiger partial charge in [-0.2, -0.15) is 0 Å². The molecule has 0 spiro atoms. The number of hydrogen-bond donors (Lipinski definition) is 1. The highest BCUT2D eigenvalue weighted by Crippen LogP contribution is 2.26. The minimum Gasteiger partial charge on any atom is -0.486 e. The average Bonchev–Trinajstić information content (AvgIpc) is 3.30. The molecule has 0 fully saturated rings. The van der Waals surface area contributed by atoms with Gasteiger partial charge in [-0.15, -0.1) is 10.2 Å². The van der Waals surface area contributed by atoms with Crippen molar-refractivity contribution in [1.29, 1.82) is 0 Å². The summed E-state index contributed by atoms with van der Waals surface area (Å²) < 4.78 is 21.6. The van der Waals surface area contributed by atoms with Gasteiger partial charge in [0.25, 0.3) is 0 Å². The van der Waals surface area contributed by atoms with Gasteiger partial charge in [-0.05, 0) is 24.3 Å². The van der Waals surface area contributed by atoms with Crippen molar-refractivity contribution in [3.63, 3.8) is 0 Å². The maximum atomic E-state index is 13.2. The summed E-state index contributed by atoms with van der Waals surface area (Å²) in [5, 5.41) is 12.1. The highest BCUT2D eigenvalue weighted by molar-refractivity contribution is 7.99. The molecule has 0 radical (unpaired) electrons. The first-order valence-corrected chi connectivity index (χ1v) is 10.9. The number of rotatable bonds is 7. The number of halogens is 2. The normalized spacial score (nSPS) is 11.0. The SMILES string of the molecule is Cn1c(COc2ccc(F)c(Cl)c2)nnc1SCC(=O)Nc1nc2ccccc2s1. The molecule has 0 bridgehead atoms. The predicted molar refractivity (Wildman–Crippen MR) is 116 cm³/mol. The van der Waals surface area contributed by atoms with Crippen LogP contribution in [0.3, 0.4) is 0 Å². The molecule has 1 amide bonds. The second-order valence-electron chi connectivity index (χ2n) is 6.15. The van der Waals surface area contributed by atoms with Crippen molar-refractivity contribution in [3.05, 3.63) is 59.1 Å². The third-order valence-electron chi connectivity index (χ3n) is 4.06. The molecule has 30 heavy (non-hydrogen) atoms. The van der Waals surface area contributed by atoms with E-state index in [1.54, 1.807) is 11.6 Å². The summed E-state index contributed by atoms with van der Waals surface area (Å²) in [5.41, 5.74) is 0.853. The van der Waals surface area contributed by atoms with Crippen molar-refractivity contribution in [2.24, 2.45) is 7.05 Å². The molecular formula is C19H15ClFN5O2S2. The zero-order valence-corrected chi connectivity index (χ0v) is 18.0. The number of thiazole rings is 1. The second-order valence-corrected chi connectivity index (χ2v) is 8.53. The van der Waals surface area contributed by atoms with E-state index < -0.39 is 5.82 Å². The van der Waals surface area contributed by atoms with Crippen LogP contribution in [0.2, 0.25) is 5.02 Å². The number of para-hydroxylation sites is 1. The number of carbonyl (C=O) groups is 1. The summed E-state index contributed by atoms with van der Waals surface area (Å²) >= 11 is 8.43. The fourth-order valence-electron chi connectivity index (χ4n) is 2.52. The van der Waals surface area contributed by atoms with E-state index in [2.05, 4.69) is 20.5 Å². The van der Waals surface area contributed by atoms with Crippen LogP contribution in [0.4, 0.5) is 9.52 Å². The highest BCUT2D eigenvalue weighted by atomic mass is 35.5. The molecule has 0 aliphatic carbocycles.